The number of rotatable bonds is 6. The van der Waals surface area contributed by atoms with E-state index < -0.39 is 0 Å². The molecule has 0 aromatic carbocycles. The van der Waals surface area contributed by atoms with Crippen LogP contribution < -0.4 is 5.73 Å². The van der Waals surface area contributed by atoms with E-state index in [0.29, 0.717) is 24.0 Å². The van der Waals surface area contributed by atoms with Gasteiger partial charge in [-0.2, -0.15) is 0 Å². The maximum absolute atomic E-state index is 5.99. The van der Waals surface area contributed by atoms with Crippen LogP contribution in [0.15, 0.2) is 0 Å². The lowest BCUT2D eigenvalue weighted by Crippen LogP contribution is -2.39. The van der Waals surface area contributed by atoms with Crippen LogP contribution in [0.1, 0.15) is 49.7 Å². The summed E-state index contributed by atoms with van der Waals surface area (Å²) in [5, 5.41) is 9.12. The van der Waals surface area contributed by atoms with Crippen molar-refractivity contribution < 1.29 is 4.74 Å². The number of hydrogen-bond donors (Lipinski definition) is 1. The largest absolute Gasteiger partial charge is 0.383 e. The van der Waals surface area contributed by atoms with Crippen molar-refractivity contribution in [2.24, 2.45) is 11.1 Å². The molecule has 146 valence electrons. The van der Waals surface area contributed by atoms with E-state index in [9.17, 15) is 0 Å². The van der Waals surface area contributed by atoms with Gasteiger partial charge in [-0.15, -0.1) is 10.2 Å². The maximum atomic E-state index is 5.99. The zero-order valence-corrected chi connectivity index (χ0v) is 16.4. The van der Waals surface area contributed by atoms with E-state index in [1.807, 2.05) is 0 Å². The summed E-state index contributed by atoms with van der Waals surface area (Å²) in [5.74, 6) is 2.69. The minimum Gasteiger partial charge on any atom is -0.383 e. The first kappa shape index (κ1) is 18.3. The summed E-state index contributed by atoms with van der Waals surface area (Å²) in [6.45, 7) is 7.32. The zero-order valence-electron chi connectivity index (χ0n) is 16.4. The van der Waals surface area contributed by atoms with E-state index in [4.69, 9.17) is 10.5 Å². The van der Waals surface area contributed by atoms with Crippen molar-refractivity contribution in [2.75, 3.05) is 46.9 Å². The molecule has 0 unspecified atom stereocenters. The minimum absolute atomic E-state index is 0.332. The van der Waals surface area contributed by atoms with Crippen LogP contribution in [0.2, 0.25) is 0 Å². The highest BCUT2D eigenvalue weighted by molar-refractivity contribution is 5.09. The van der Waals surface area contributed by atoms with Gasteiger partial charge >= 0.3 is 0 Å². The molecule has 1 spiro atoms. The Morgan fingerprint density at radius 2 is 1.88 bits per heavy atom. The molecule has 1 saturated carbocycles. The SMILES string of the molecule is COCCn1c(CN2CCC3(CCN(C)CC3)C2)nnc1C1CC(N)C1. The quantitative estimate of drug-likeness (QED) is 0.815. The molecule has 0 radical (unpaired) electrons. The molecule has 3 heterocycles. The molecule has 0 amide bonds. The normalized spacial score (nSPS) is 29.3. The van der Waals surface area contributed by atoms with Crippen LogP contribution in [0.4, 0.5) is 0 Å². The maximum Gasteiger partial charge on any atom is 0.147 e. The van der Waals surface area contributed by atoms with Crippen molar-refractivity contribution >= 4 is 0 Å². The Bertz CT molecular complexity index is 603. The smallest absolute Gasteiger partial charge is 0.147 e. The van der Waals surface area contributed by atoms with E-state index >= 15 is 0 Å². The molecule has 2 N–H and O–H groups in total. The van der Waals surface area contributed by atoms with Gasteiger partial charge in [0.15, 0.2) is 0 Å². The summed E-state index contributed by atoms with van der Waals surface area (Å²) in [6, 6.07) is 0.332. The Hall–Kier alpha value is -1.02. The fourth-order valence-corrected chi connectivity index (χ4v) is 4.93. The molecule has 0 bridgehead atoms. The van der Waals surface area contributed by atoms with Gasteiger partial charge in [0.1, 0.15) is 11.6 Å². The lowest BCUT2D eigenvalue weighted by Gasteiger charge is -2.37. The summed E-state index contributed by atoms with van der Waals surface area (Å²) in [5.41, 5.74) is 6.53. The molecule has 3 aliphatic rings. The second kappa shape index (κ2) is 7.54. The van der Waals surface area contributed by atoms with Gasteiger partial charge < -0.3 is 19.9 Å². The van der Waals surface area contributed by atoms with Crippen molar-refractivity contribution in [3.63, 3.8) is 0 Å². The molecule has 7 heteroatoms. The van der Waals surface area contributed by atoms with Gasteiger partial charge in [0.25, 0.3) is 0 Å². The van der Waals surface area contributed by atoms with Crippen molar-refractivity contribution in [2.45, 2.75) is 57.2 Å². The van der Waals surface area contributed by atoms with E-state index in [-0.39, 0.29) is 0 Å². The van der Waals surface area contributed by atoms with Gasteiger partial charge in [0.05, 0.1) is 13.2 Å². The summed E-state index contributed by atoms with van der Waals surface area (Å²) in [6.07, 6.45) is 6.07. The van der Waals surface area contributed by atoms with Crippen LogP contribution in [0.5, 0.6) is 0 Å². The zero-order chi connectivity index (χ0) is 18.1. The molecular formula is C19H34N6O. The number of aromatic nitrogens is 3. The van der Waals surface area contributed by atoms with Crippen LogP contribution in [-0.2, 0) is 17.8 Å². The Balaban J connectivity index is 1.43. The third-order valence-corrected chi connectivity index (χ3v) is 6.84. The molecule has 2 aliphatic heterocycles. The van der Waals surface area contributed by atoms with Gasteiger partial charge in [-0.05, 0) is 64.2 Å². The van der Waals surface area contributed by atoms with Crippen LogP contribution in [0.3, 0.4) is 0 Å². The first-order valence-electron chi connectivity index (χ1n) is 10.2. The lowest BCUT2D eigenvalue weighted by molar-refractivity contribution is 0.123. The molecule has 1 aromatic rings. The Morgan fingerprint density at radius 1 is 1.15 bits per heavy atom. The number of likely N-dealkylation sites (tertiary alicyclic amines) is 2. The highest BCUT2D eigenvalue weighted by atomic mass is 16.5. The van der Waals surface area contributed by atoms with Crippen molar-refractivity contribution in [1.29, 1.82) is 0 Å². The summed E-state index contributed by atoms with van der Waals surface area (Å²) >= 11 is 0. The van der Waals surface area contributed by atoms with E-state index in [0.717, 1.165) is 37.6 Å². The highest BCUT2D eigenvalue weighted by Crippen LogP contribution is 2.40. The summed E-state index contributed by atoms with van der Waals surface area (Å²) in [7, 11) is 4.00. The van der Waals surface area contributed by atoms with Gasteiger partial charge in [-0.25, -0.2) is 0 Å². The van der Waals surface area contributed by atoms with Gasteiger partial charge in [0.2, 0.25) is 0 Å². The van der Waals surface area contributed by atoms with E-state index in [1.54, 1.807) is 7.11 Å². The first-order chi connectivity index (χ1) is 12.6. The molecule has 1 aliphatic carbocycles. The predicted molar refractivity (Wildman–Crippen MR) is 101 cm³/mol. The molecule has 7 nitrogen and oxygen atoms in total. The molecule has 2 saturated heterocycles. The standard InChI is InChI=1S/C19H34N6O/c1-23-6-3-19(4-7-23)5-8-24(14-19)13-17-21-22-18(15-11-16(20)12-15)25(17)9-10-26-2/h15-16H,3-14,20H2,1-2H3. The third-order valence-electron chi connectivity index (χ3n) is 6.84. The van der Waals surface area contributed by atoms with E-state index in [2.05, 4.69) is 31.6 Å². The van der Waals surface area contributed by atoms with Gasteiger partial charge in [-0.1, -0.05) is 0 Å². The minimum atomic E-state index is 0.332. The average molecular weight is 363 g/mol. The highest BCUT2D eigenvalue weighted by Gasteiger charge is 2.40. The second-order valence-corrected chi connectivity index (χ2v) is 8.81. The van der Waals surface area contributed by atoms with Crippen LogP contribution in [-0.4, -0.2) is 77.5 Å². The third kappa shape index (κ3) is 3.67. The Morgan fingerprint density at radius 3 is 2.58 bits per heavy atom. The molecule has 1 aromatic heterocycles. The van der Waals surface area contributed by atoms with Crippen molar-refractivity contribution in [1.82, 2.24) is 24.6 Å². The summed E-state index contributed by atoms with van der Waals surface area (Å²) in [4.78, 5) is 5.06. The molecule has 4 rings (SSSR count). The molecule has 3 fully saturated rings. The van der Waals surface area contributed by atoms with Gasteiger partial charge in [0, 0.05) is 32.2 Å². The fraction of sp³-hybridized carbons (Fsp3) is 0.895. The van der Waals surface area contributed by atoms with Gasteiger partial charge in [-0.3, -0.25) is 4.90 Å². The molecule has 26 heavy (non-hydrogen) atoms. The lowest BCUT2D eigenvalue weighted by atomic mass is 9.78. The number of methoxy groups -OCH3 is 1. The van der Waals surface area contributed by atoms with E-state index in [1.165, 1.54) is 45.4 Å². The number of ether oxygens (including phenoxy) is 1. The Labute approximate surface area is 156 Å². The number of nitrogens with two attached hydrogens (primary N) is 1. The second-order valence-electron chi connectivity index (χ2n) is 8.81. The van der Waals surface area contributed by atoms with Crippen LogP contribution in [0, 0.1) is 5.41 Å². The first-order valence-corrected chi connectivity index (χ1v) is 10.2. The van der Waals surface area contributed by atoms with Crippen molar-refractivity contribution in [3.8, 4) is 0 Å². The van der Waals surface area contributed by atoms with Crippen LogP contribution in [0.25, 0.3) is 0 Å². The Kier molecular flexibility index (Phi) is 5.32. The molecule has 0 atom stereocenters. The topological polar surface area (TPSA) is 72.4 Å². The van der Waals surface area contributed by atoms with Crippen molar-refractivity contribution in [3.05, 3.63) is 11.6 Å². The van der Waals surface area contributed by atoms with Crippen LogP contribution >= 0.6 is 0 Å². The number of piperidine rings is 1. The summed E-state index contributed by atoms with van der Waals surface area (Å²) < 4.78 is 7.63. The fourth-order valence-electron chi connectivity index (χ4n) is 4.93. The predicted octanol–water partition coefficient (Wildman–Crippen LogP) is 1.05. The monoisotopic (exact) mass is 362 g/mol. The number of nitrogens with zero attached hydrogens (tertiary/aromatic N) is 5. The average Bonchev–Trinajstić information content (AvgIpc) is 3.18. The number of hydrogen-bond acceptors (Lipinski definition) is 6. The molecular weight excluding hydrogens is 328 g/mol.